The Bertz CT molecular complexity index is 1160. The van der Waals surface area contributed by atoms with Gasteiger partial charge in [0.15, 0.2) is 0 Å². The molecule has 8 heteroatoms. The fourth-order valence-corrected chi connectivity index (χ4v) is 4.50. The van der Waals surface area contributed by atoms with Gasteiger partial charge in [-0.25, -0.2) is 4.39 Å². The number of benzene rings is 2. The van der Waals surface area contributed by atoms with E-state index in [1.54, 1.807) is 49.4 Å². The Kier molecular flexibility index (Phi) is 7.63. The van der Waals surface area contributed by atoms with Crippen LogP contribution in [0.15, 0.2) is 60.7 Å². The number of nitrogens with zero attached hydrogens (tertiary/aromatic N) is 2. The average molecular weight is 481 g/mol. The highest BCUT2D eigenvalue weighted by molar-refractivity contribution is 6.46. The molecule has 1 amide bonds. The first-order chi connectivity index (χ1) is 16.9. The molecule has 2 aliphatic heterocycles. The summed E-state index contributed by atoms with van der Waals surface area (Å²) in [4.78, 5) is 29.8. The summed E-state index contributed by atoms with van der Waals surface area (Å²) in [5.74, 6) is -1.89. The number of ether oxygens (including phenoxy) is 2. The van der Waals surface area contributed by atoms with Gasteiger partial charge < -0.3 is 19.5 Å². The van der Waals surface area contributed by atoms with Crippen molar-refractivity contribution in [2.45, 2.75) is 13.0 Å². The molecular weight excluding hydrogens is 451 g/mol. The van der Waals surface area contributed by atoms with Crippen molar-refractivity contribution in [1.29, 1.82) is 0 Å². The molecule has 2 heterocycles. The minimum Gasteiger partial charge on any atom is -0.507 e. The van der Waals surface area contributed by atoms with Gasteiger partial charge in [0.05, 0.1) is 24.8 Å². The second-order valence-corrected chi connectivity index (χ2v) is 8.54. The van der Waals surface area contributed by atoms with E-state index in [0.29, 0.717) is 56.3 Å². The maximum absolute atomic E-state index is 14.9. The van der Waals surface area contributed by atoms with Crippen LogP contribution in [-0.4, -0.2) is 72.6 Å². The van der Waals surface area contributed by atoms with Crippen molar-refractivity contribution in [2.75, 3.05) is 46.0 Å². The summed E-state index contributed by atoms with van der Waals surface area (Å²) in [7, 11) is 0. The number of rotatable bonds is 8. The van der Waals surface area contributed by atoms with Crippen LogP contribution < -0.4 is 4.74 Å². The number of amides is 1. The van der Waals surface area contributed by atoms with Gasteiger partial charge in [0.2, 0.25) is 0 Å². The molecule has 0 saturated carbocycles. The highest BCUT2D eigenvalue weighted by Crippen LogP contribution is 2.40. The monoisotopic (exact) mass is 480 g/mol. The third-order valence-corrected chi connectivity index (χ3v) is 6.32. The number of carbonyl (C=O) groups is 2. The van der Waals surface area contributed by atoms with Gasteiger partial charge in [-0.05, 0) is 36.8 Å². The number of hydrogen-bond donors (Lipinski definition) is 1. The summed E-state index contributed by atoms with van der Waals surface area (Å²) in [6.07, 6.45) is 1.62. The number of morpholine rings is 1. The number of aliphatic hydroxyl groups excluding tert-OH is 1. The molecule has 1 N–H and O–H groups in total. The number of carbonyl (C=O) groups excluding carboxylic acids is 2. The zero-order chi connectivity index (χ0) is 24.9. The molecule has 0 spiro atoms. The van der Waals surface area contributed by atoms with E-state index < -0.39 is 23.5 Å². The van der Waals surface area contributed by atoms with Crippen LogP contribution in [0.1, 0.15) is 22.7 Å². The predicted molar refractivity (Wildman–Crippen MR) is 130 cm³/mol. The summed E-state index contributed by atoms with van der Waals surface area (Å²) in [5.41, 5.74) is 1.07. The zero-order valence-corrected chi connectivity index (χ0v) is 19.7. The summed E-state index contributed by atoms with van der Waals surface area (Å²) in [6.45, 7) is 9.07. The maximum atomic E-state index is 14.9. The van der Waals surface area contributed by atoms with Gasteiger partial charge in [-0.3, -0.25) is 14.5 Å². The topological polar surface area (TPSA) is 79.3 Å². The Labute approximate surface area is 204 Å². The molecule has 7 nitrogen and oxygen atoms in total. The first-order valence-corrected chi connectivity index (χ1v) is 11.6. The standard InChI is InChI=1S/C27H29FN2O5/c1-3-14-35-19-8-9-20(18(2)17-19)25(31)23-24(21-6-4-5-7-22(21)28)30(27(33)26(23)32)11-10-29-12-15-34-16-13-29/h3-9,17,24,31H,1,10-16H2,2H3/t24-/m1/s1. The van der Waals surface area contributed by atoms with E-state index in [1.807, 2.05) is 0 Å². The van der Waals surface area contributed by atoms with E-state index in [9.17, 15) is 19.1 Å². The number of halogens is 1. The lowest BCUT2D eigenvalue weighted by Gasteiger charge is -2.31. The van der Waals surface area contributed by atoms with E-state index in [0.717, 1.165) is 0 Å². The number of aliphatic hydroxyl groups is 1. The van der Waals surface area contributed by atoms with Crippen molar-refractivity contribution in [3.8, 4) is 5.75 Å². The molecule has 0 aliphatic carbocycles. The van der Waals surface area contributed by atoms with Gasteiger partial charge in [0.25, 0.3) is 11.7 Å². The lowest BCUT2D eigenvalue weighted by molar-refractivity contribution is -0.140. The van der Waals surface area contributed by atoms with E-state index in [-0.39, 0.29) is 23.4 Å². The van der Waals surface area contributed by atoms with Crippen LogP contribution in [0.5, 0.6) is 5.75 Å². The third-order valence-electron chi connectivity index (χ3n) is 6.32. The van der Waals surface area contributed by atoms with Crippen LogP contribution in [-0.2, 0) is 14.3 Å². The Hall–Kier alpha value is -3.49. The Morgan fingerprint density at radius 1 is 1.20 bits per heavy atom. The van der Waals surface area contributed by atoms with Crippen LogP contribution in [0, 0.1) is 12.7 Å². The van der Waals surface area contributed by atoms with Gasteiger partial charge in [-0.15, -0.1) is 0 Å². The first kappa shape index (κ1) is 24.6. The largest absolute Gasteiger partial charge is 0.507 e. The molecule has 0 unspecified atom stereocenters. The second kappa shape index (κ2) is 10.8. The minimum absolute atomic E-state index is 0.120. The fraction of sp³-hybridized carbons (Fsp3) is 0.333. The summed E-state index contributed by atoms with van der Waals surface area (Å²) in [5, 5.41) is 11.3. The maximum Gasteiger partial charge on any atom is 0.295 e. The van der Waals surface area contributed by atoms with Crippen LogP contribution >= 0.6 is 0 Å². The van der Waals surface area contributed by atoms with Crippen molar-refractivity contribution in [2.24, 2.45) is 0 Å². The number of ketones is 1. The third kappa shape index (κ3) is 5.13. The molecule has 1 atom stereocenters. The van der Waals surface area contributed by atoms with Gasteiger partial charge in [-0.2, -0.15) is 0 Å². The quantitative estimate of drug-likeness (QED) is 0.270. The Morgan fingerprint density at radius 2 is 1.94 bits per heavy atom. The second-order valence-electron chi connectivity index (χ2n) is 8.54. The SMILES string of the molecule is C=CCOc1ccc(C(O)=C2C(=O)C(=O)N(CCN3CCOCC3)[C@@H]2c2ccccc2F)c(C)c1. The smallest absolute Gasteiger partial charge is 0.295 e. The van der Waals surface area contributed by atoms with Crippen LogP contribution in [0.4, 0.5) is 4.39 Å². The molecule has 0 radical (unpaired) electrons. The predicted octanol–water partition coefficient (Wildman–Crippen LogP) is 3.45. The van der Waals surface area contributed by atoms with Gasteiger partial charge >= 0.3 is 0 Å². The highest BCUT2D eigenvalue weighted by Gasteiger charge is 2.47. The van der Waals surface area contributed by atoms with E-state index in [4.69, 9.17) is 9.47 Å². The van der Waals surface area contributed by atoms with E-state index >= 15 is 0 Å². The fourth-order valence-electron chi connectivity index (χ4n) is 4.50. The summed E-state index contributed by atoms with van der Waals surface area (Å²) < 4.78 is 25.9. The van der Waals surface area contributed by atoms with Crippen molar-refractivity contribution in [3.05, 3.63) is 83.2 Å². The van der Waals surface area contributed by atoms with Gasteiger partial charge in [-0.1, -0.05) is 30.9 Å². The molecule has 0 bridgehead atoms. The number of hydrogen-bond acceptors (Lipinski definition) is 6. The van der Waals surface area contributed by atoms with Crippen molar-refractivity contribution < 1.29 is 28.6 Å². The number of Topliss-reactive ketones (excluding diaryl/α,β-unsaturated/α-hetero) is 1. The minimum atomic E-state index is -1.03. The normalized spacial score (nSPS) is 20.3. The first-order valence-electron chi connectivity index (χ1n) is 11.6. The molecule has 2 aromatic rings. The number of likely N-dealkylation sites (tertiary alicyclic amines) is 1. The zero-order valence-electron chi connectivity index (χ0n) is 19.7. The summed E-state index contributed by atoms with van der Waals surface area (Å²) >= 11 is 0. The van der Waals surface area contributed by atoms with Crippen molar-refractivity contribution >= 4 is 17.4 Å². The van der Waals surface area contributed by atoms with Crippen LogP contribution in [0.2, 0.25) is 0 Å². The molecule has 2 aromatic carbocycles. The van der Waals surface area contributed by atoms with Crippen molar-refractivity contribution in [3.63, 3.8) is 0 Å². The van der Waals surface area contributed by atoms with Gasteiger partial charge in [0.1, 0.15) is 23.9 Å². The molecule has 184 valence electrons. The van der Waals surface area contributed by atoms with Gasteiger partial charge in [0, 0.05) is 37.3 Å². The molecule has 2 saturated heterocycles. The molecule has 2 aliphatic rings. The Balaban J connectivity index is 1.74. The van der Waals surface area contributed by atoms with E-state index in [2.05, 4.69) is 11.5 Å². The average Bonchev–Trinajstić information content (AvgIpc) is 3.11. The van der Waals surface area contributed by atoms with Crippen LogP contribution in [0.3, 0.4) is 0 Å². The molecule has 35 heavy (non-hydrogen) atoms. The molecule has 4 rings (SSSR count). The van der Waals surface area contributed by atoms with Crippen molar-refractivity contribution in [1.82, 2.24) is 9.80 Å². The molecular formula is C27H29FN2O5. The van der Waals surface area contributed by atoms with E-state index in [1.165, 1.54) is 11.0 Å². The number of aryl methyl sites for hydroxylation is 1. The Morgan fingerprint density at radius 3 is 2.63 bits per heavy atom. The highest BCUT2D eigenvalue weighted by atomic mass is 19.1. The van der Waals surface area contributed by atoms with Crippen LogP contribution in [0.25, 0.3) is 5.76 Å². The molecule has 0 aromatic heterocycles. The lowest BCUT2D eigenvalue weighted by Crippen LogP contribution is -2.42. The summed E-state index contributed by atoms with van der Waals surface area (Å²) in [6, 6.07) is 10.0. The molecule has 2 fully saturated rings. The lowest BCUT2D eigenvalue weighted by atomic mass is 9.93.